The van der Waals surface area contributed by atoms with E-state index in [1.54, 1.807) is 0 Å². The number of para-hydroxylation sites is 6. The first-order valence-corrected chi connectivity index (χ1v) is 38.5. The maximum atomic E-state index is 5.35. The molecule has 0 aliphatic carbocycles. The van der Waals surface area contributed by atoms with Crippen LogP contribution < -0.4 is 0 Å². The highest BCUT2D eigenvalue weighted by molar-refractivity contribution is 6.19. The van der Waals surface area contributed by atoms with Gasteiger partial charge in [0.15, 0.2) is 29.1 Å². The summed E-state index contributed by atoms with van der Waals surface area (Å²) in [6, 6.07) is 141. The Bertz CT molecular complexity index is 7550. The molecule has 0 atom stereocenters. The smallest absolute Gasteiger partial charge is 0.238 e. The summed E-state index contributed by atoms with van der Waals surface area (Å²) < 4.78 is 9.32. The number of fused-ring (bicyclic) bond motifs is 14. The third kappa shape index (κ3) is 11.0. The van der Waals surface area contributed by atoms with E-state index in [0.717, 1.165) is 110 Å². The molecule has 0 aliphatic rings. The molecule has 0 radical (unpaired) electrons. The lowest BCUT2D eigenvalue weighted by molar-refractivity contribution is 0.955. The first kappa shape index (κ1) is 65.6. The molecule has 10 heteroatoms. The molecule has 0 unspecified atom stereocenters. The lowest BCUT2D eigenvalue weighted by atomic mass is 9.98. The van der Waals surface area contributed by atoms with Gasteiger partial charge in [0, 0.05) is 88.0 Å². The van der Waals surface area contributed by atoms with Crippen molar-refractivity contribution < 1.29 is 0 Å². The average Bonchev–Trinajstić information content (AvgIpc) is 1.61. The molecule has 0 amide bonds. The largest absolute Gasteiger partial charge is 0.309 e. The van der Waals surface area contributed by atoms with Crippen LogP contribution in [0, 0.1) is 0 Å². The summed E-state index contributed by atoms with van der Waals surface area (Å²) in [5.41, 5.74) is 22.0. The first-order valence-electron chi connectivity index (χ1n) is 38.5. The number of benzene rings is 17. The van der Waals surface area contributed by atoms with Crippen LogP contribution in [-0.4, -0.2) is 48.2 Å². The maximum absolute atomic E-state index is 5.35. The third-order valence-corrected chi connectivity index (χ3v) is 22.4. The molecule has 0 saturated heterocycles. The van der Waals surface area contributed by atoms with Crippen LogP contribution in [0.25, 0.3) is 211 Å². The lowest BCUT2D eigenvalue weighted by Crippen LogP contribution is -2.06. The molecule has 10 nitrogen and oxygen atoms in total. The molecule has 0 spiro atoms. The van der Waals surface area contributed by atoms with E-state index in [9.17, 15) is 0 Å². The summed E-state index contributed by atoms with van der Waals surface area (Å²) in [5.74, 6) is 3.77. The van der Waals surface area contributed by atoms with Gasteiger partial charge in [-0.1, -0.05) is 291 Å². The van der Waals surface area contributed by atoms with E-state index < -0.39 is 0 Å². The number of aromatic nitrogens is 10. The molecule has 17 aromatic carbocycles. The number of rotatable bonds is 11. The molecule has 114 heavy (non-hydrogen) atoms. The zero-order valence-electron chi connectivity index (χ0n) is 61.6. The topological polar surface area (TPSA) is 97.1 Å². The predicted octanol–water partition coefficient (Wildman–Crippen LogP) is 26.1. The van der Waals surface area contributed by atoms with Crippen molar-refractivity contribution in [1.29, 1.82) is 0 Å². The minimum Gasteiger partial charge on any atom is -0.309 e. The summed E-state index contributed by atoms with van der Waals surface area (Å²) >= 11 is 0. The van der Waals surface area contributed by atoms with Gasteiger partial charge in [-0.05, 0) is 153 Å². The van der Waals surface area contributed by atoms with Crippen molar-refractivity contribution in [3.8, 4) is 102 Å². The van der Waals surface area contributed by atoms with Crippen LogP contribution in [0.15, 0.2) is 400 Å². The van der Waals surface area contributed by atoms with E-state index in [1.807, 2.05) is 60.7 Å². The zero-order chi connectivity index (χ0) is 75.2. The summed E-state index contributed by atoms with van der Waals surface area (Å²) in [4.78, 5) is 30.8. The van der Waals surface area contributed by atoms with Gasteiger partial charge in [-0.2, -0.15) is 9.97 Å². The zero-order valence-corrected chi connectivity index (χ0v) is 61.6. The van der Waals surface area contributed by atoms with Crippen LogP contribution in [0.1, 0.15) is 0 Å². The second-order valence-electron chi connectivity index (χ2n) is 28.9. The Morgan fingerprint density at radius 1 is 0.158 bits per heavy atom. The van der Waals surface area contributed by atoms with Crippen LogP contribution in [0.2, 0.25) is 0 Å². The van der Waals surface area contributed by atoms with Gasteiger partial charge in [0.05, 0.1) is 44.1 Å². The summed E-state index contributed by atoms with van der Waals surface area (Å²) in [6.45, 7) is 0. The second kappa shape index (κ2) is 27.2. The number of hydrogen-bond donors (Lipinski definition) is 0. The van der Waals surface area contributed by atoms with Crippen molar-refractivity contribution in [1.82, 2.24) is 48.2 Å². The van der Waals surface area contributed by atoms with Gasteiger partial charge in [-0.3, -0.25) is 4.57 Å². The summed E-state index contributed by atoms with van der Waals surface area (Å²) in [6.07, 6.45) is 0. The molecule has 23 rings (SSSR count). The Kier molecular flexibility index (Phi) is 15.7. The van der Waals surface area contributed by atoms with Gasteiger partial charge < -0.3 is 13.7 Å². The lowest BCUT2D eigenvalue weighted by Gasteiger charge is -2.13. The summed E-state index contributed by atoms with van der Waals surface area (Å²) in [5, 5.41) is 14.1. The minimum absolute atomic E-state index is 0.575. The SMILES string of the molecule is c1ccc(-c2nc(-c3ccccc3)nc(-c3ccc(-n4c5ccccc5c5c(-c6ccc7c(c6)c6ccccc6n7-c6ccccc6)cccc54)cc3)n2)cc1.c1ccc(-n2c3ccccc3c3cc(-c4cccc5c4c4ccccc4n5-c4nc(-c5cccc6ccccc56)nc(-c5cccc6ccccc56)n4)ccc32)cc1. The molecule has 23 aromatic rings. The quantitative estimate of drug-likeness (QED) is 0.128. The Balaban J connectivity index is 0.000000139. The molecule has 6 aromatic heterocycles. The first-order chi connectivity index (χ1) is 56.6. The van der Waals surface area contributed by atoms with Gasteiger partial charge in [0.1, 0.15) is 0 Å². The molecule has 6 heterocycles. The average molecular weight is 1460 g/mol. The van der Waals surface area contributed by atoms with Crippen molar-refractivity contribution >= 4 is 109 Å². The molecule has 0 saturated carbocycles. The van der Waals surface area contributed by atoms with Gasteiger partial charge in [-0.25, -0.2) is 19.9 Å². The fraction of sp³-hybridized carbons (Fsp3) is 0. The Labute approximate surface area is 655 Å². The molecule has 0 fully saturated rings. The van der Waals surface area contributed by atoms with Crippen LogP contribution in [0.3, 0.4) is 0 Å². The van der Waals surface area contributed by atoms with Crippen LogP contribution >= 0.6 is 0 Å². The van der Waals surface area contributed by atoms with Crippen molar-refractivity contribution in [2.45, 2.75) is 0 Å². The standard InChI is InChI=1S/C53H33N5.C51H33N5/c1-2-19-37(20-3-1)57-46-28-10-8-23-41(46)45-33-36(31-32-48(45)57)40-25-14-30-49-50(40)44-24-9-11-29-47(44)58(49)53-55-51(42-26-12-17-34-15-4-6-21-38(34)42)54-52(56-53)43-27-13-18-35-16-5-7-22-39(35)43;1-4-15-34(16-5-1)49-52-50(35-17-6-2-7-18-35)54-51(53-49)36-27-30-39(31-28-36)56-45-25-13-11-22-42(45)48-40(23-14-26-47(48)56)37-29-32-46-43(33-37)41-21-10-12-24-44(41)55(46)38-19-8-3-9-20-38/h1-33H;1-33H. The molecule has 0 N–H and O–H groups in total. The Morgan fingerprint density at radius 3 is 0.904 bits per heavy atom. The summed E-state index contributed by atoms with van der Waals surface area (Å²) in [7, 11) is 0. The normalized spacial score (nSPS) is 11.7. The van der Waals surface area contributed by atoms with Crippen LogP contribution in [0.4, 0.5) is 0 Å². The highest BCUT2D eigenvalue weighted by Gasteiger charge is 2.25. The highest BCUT2D eigenvalue weighted by Crippen LogP contribution is 2.45. The van der Waals surface area contributed by atoms with Crippen molar-refractivity contribution in [2.24, 2.45) is 0 Å². The minimum atomic E-state index is 0.575. The predicted molar refractivity (Wildman–Crippen MR) is 470 cm³/mol. The number of hydrogen-bond acceptors (Lipinski definition) is 6. The fourth-order valence-electron chi connectivity index (χ4n) is 17.2. The van der Waals surface area contributed by atoms with Crippen molar-refractivity contribution in [3.05, 3.63) is 400 Å². The number of nitrogens with zero attached hydrogens (tertiary/aromatic N) is 10. The van der Waals surface area contributed by atoms with E-state index in [1.165, 1.54) is 65.5 Å². The van der Waals surface area contributed by atoms with E-state index in [0.29, 0.717) is 35.1 Å². The highest BCUT2D eigenvalue weighted by atomic mass is 15.2. The second-order valence-corrected chi connectivity index (χ2v) is 28.9. The molecule has 532 valence electrons. The molecule has 0 bridgehead atoms. The monoisotopic (exact) mass is 1450 g/mol. The molecule has 0 aliphatic heterocycles. The Hall–Kier alpha value is -15.5. The van der Waals surface area contributed by atoms with E-state index >= 15 is 0 Å². The fourth-order valence-corrected chi connectivity index (χ4v) is 17.2. The van der Waals surface area contributed by atoms with Gasteiger partial charge >= 0.3 is 0 Å². The van der Waals surface area contributed by atoms with Crippen LogP contribution in [0.5, 0.6) is 0 Å². The third-order valence-electron chi connectivity index (χ3n) is 22.4. The Morgan fingerprint density at radius 2 is 0.447 bits per heavy atom. The maximum Gasteiger partial charge on any atom is 0.238 e. The van der Waals surface area contributed by atoms with Crippen molar-refractivity contribution in [2.75, 3.05) is 0 Å². The molecular formula is C104H66N10. The van der Waals surface area contributed by atoms with E-state index in [-0.39, 0.29) is 0 Å². The van der Waals surface area contributed by atoms with Gasteiger partial charge in [-0.15, -0.1) is 0 Å². The van der Waals surface area contributed by atoms with E-state index in [2.05, 4.69) is 358 Å². The van der Waals surface area contributed by atoms with Gasteiger partial charge in [0.25, 0.3) is 0 Å². The van der Waals surface area contributed by atoms with Gasteiger partial charge in [0.2, 0.25) is 5.95 Å². The molecular weight excluding hydrogens is 1390 g/mol. The van der Waals surface area contributed by atoms with Crippen LogP contribution in [-0.2, 0) is 0 Å². The van der Waals surface area contributed by atoms with Crippen molar-refractivity contribution in [3.63, 3.8) is 0 Å². The van der Waals surface area contributed by atoms with E-state index in [4.69, 9.17) is 29.9 Å².